The Bertz CT molecular complexity index is 1180. The average Bonchev–Trinajstić information content (AvgIpc) is 2.87. The van der Waals surface area contributed by atoms with Crippen LogP contribution in [0.4, 0.5) is 0 Å². The van der Waals surface area contributed by atoms with Crippen LogP contribution in [0, 0.1) is 0 Å². The second-order valence-corrected chi connectivity index (χ2v) is 9.07. The lowest BCUT2D eigenvalue weighted by Gasteiger charge is -2.49. The third-order valence-corrected chi connectivity index (χ3v) is 7.03. The molecule has 0 saturated carbocycles. The Hall–Kier alpha value is -3.83. The molecule has 0 spiro atoms. The summed E-state index contributed by atoms with van der Waals surface area (Å²) in [6.45, 7) is -0.388. The Morgan fingerprint density at radius 1 is 1.14 bits per heavy atom. The molecular weight excluding hydrogens is 474 g/mol. The van der Waals surface area contributed by atoms with Crippen LogP contribution in [0.15, 0.2) is 65.9 Å². The molecule has 2 aliphatic rings. The van der Waals surface area contributed by atoms with Gasteiger partial charge in [0, 0.05) is 11.3 Å². The predicted molar refractivity (Wildman–Crippen MR) is 126 cm³/mol. The predicted octanol–water partition coefficient (Wildman–Crippen LogP) is 1.51. The van der Waals surface area contributed by atoms with Crippen LogP contribution in [0.3, 0.4) is 0 Å². The largest absolute Gasteiger partial charge is 0.497 e. The van der Waals surface area contributed by atoms with E-state index in [0.29, 0.717) is 10.8 Å². The van der Waals surface area contributed by atoms with Crippen molar-refractivity contribution in [3.05, 3.63) is 77.0 Å². The van der Waals surface area contributed by atoms with E-state index in [9.17, 15) is 29.5 Å². The van der Waals surface area contributed by atoms with Crippen molar-refractivity contribution >= 4 is 35.5 Å². The number of thioether (sulfide) groups is 1. The molecule has 0 radical (unpaired) electrons. The molecule has 1 fully saturated rings. The first kappa shape index (κ1) is 24.3. The number of fused-ring (bicyclic) bond motifs is 1. The van der Waals surface area contributed by atoms with E-state index in [1.807, 2.05) is 18.2 Å². The van der Waals surface area contributed by atoms with Crippen LogP contribution in [0.5, 0.6) is 5.75 Å². The molecule has 35 heavy (non-hydrogen) atoms. The number of aliphatic carboxylic acids is 1. The van der Waals surface area contributed by atoms with Gasteiger partial charge in [0.15, 0.2) is 0 Å². The van der Waals surface area contributed by atoms with Gasteiger partial charge < -0.3 is 15.2 Å². The number of nitrogens with zero attached hydrogens (tertiary/aromatic N) is 2. The first-order valence-corrected chi connectivity index (χ1v) is 11.7. The van der Waals surface area contributed by atoms with Crippen molar-refractivity contribution in [1.29, 1.82) is 0 Å². The number of ether oxygens (including phenoxy) is 1. The van der Waals surface area contributed by atoms with Gasteiger partial charge in [-0.2, -0.15) is 0 Å². The van der Waals surface area contributed by atoms with Gasteiger partial charge in [-0.25, -0.2) is 9.86 Å². The number of methoxy groups -OCH3 is 1. The highest BCUT2D eigenvalue weighted by atomic mass is 32.2. The zero-order valence-corrected chi connectivity index (χ0v) is 19.5. The Balaban J connectivity index is 1.44. The standard InChI is InChI=1S/C24H23N3O7S/c1-34-17-9-7-15(8-10-17)21(29)26(33)12-16-13-35-23-19(22(30)27(23)20(16)24(31)32)25-18(28)11-14-5-3-2-4-6-14/h2-10,19,23,33H,11-13H2,1H3,(H,25,28)(H,31,32)/t19-,23-/m1/s1. The summed E-state index contributed by atoms with van der Waals surface area (Å²) in [5, 5.41) is 22.7. The molecule has 3 amide bonds. The van der Waals surface area contributed by atoms with E-state index in [4.69, 9.17) is 4.74 Å². The number of carboxylic acids is 1. The van der Waals surface area contributed by atoms with Gasteiger partial charge in [0.25, 0.3) is 11.8 Å². The van der Waals surface area contributed by atoms with E-state index < -0.39 is 29.2 Å². The molecule has 0 aliphatic carbocycles. The third kappa shape index (κ3) is 5.00. The number of carboxylic acid groups (broad SMARTS) is 1. The number of hydroxylamine groups is 2. The summed E-state index contributed by atoms with van der Waals surface area (Å²) in [5.41, 5.74) is 0.913. The summed E-state index contributed by atoms with van der Waals surface area (Å²) in [7, 11) is 1.49. The van der Waals surface area contributed by atoms with Crippen LogP contribution in [0.25, 0.3) is 0 Å². The van der Waals surface area contributed by atoms with Crippen LogP contribution in [-0.2, 0) is 20.8 Å². The quantitative estimate of drug-likeness (QED) is 0.284. The van der Waals surface area contributed by atoms with Gasteiger partial charge in [0.05, 0.1) is 20.1 Å². The number of rotatable bonds is 8. The molecule has 182 valence electrons. The van der Waals surface area contributed by atoms with Gasteiger partial charge in [0.1, 0.15) is 22.9 Å². The number of hydrogen-bond acceptors (Lipinski definition) is 7. The zero-order valence-electron chi connectivity index (χ0n) is 18.7. The monoisotopic (exact) mass is 497 g/mol. The number of nitrogens with one attached hydrogen (secondary N) is 1. The summed E-state index contributed by atoms with van der Waals surface area (Å²) >= 11 is 1.26. The second-order valence-electron chi connectivity index (χ2n) is 7.97. The zero-order chi connectivity index (χ0) is 25.1. The maximum atomic E-state index is 12.8. The van der Waals surface area contributed by atoms with Gasteiger partial charge in [-0.3, -0.25) is 24.5 Å². The Morgan fingerprint density at radius 3 is 2.46 bits per heavy atom. The van der Waals surface area contributed by atoms with Crippen LogP contribution in [-0.4, -0.2) is 74.8 Å². The van der Waals surface area contributed by atoms with Crippen molar-refractivity contribution < 1.29 is 34.2 Å². The lowest BCUT2D eigenvalue weighted by atomic mass is 10.0. The van der Waals surface area contributed by atoms with E-state index >= 15 is 0 Å². The maximum absolute atomic E-state index is 12.8. The molecule has 4 rings (SSSR count). The molecule has 2 aromatic carbocycles. The van der Waals surface area contributed by atoms with E-state index in [1.54, 1.807) is 24.3 Å². The fraction of sp³-hybridized carbons (Fsp3) is 0.250. The summed E-state index contributed by atoms with van der Waals surface area (Å²) < 4.78 is 5.05. The molecule has 2 aromatic rings. The third-order valence-electron chi connectivity index (χ3n) is 5.69. The first-order chi connectivity index (χ1) is 16.8. The van der Waals surface area contributed by atoms with Crippen LogP contribution in [0.2, 0.25) is 0 Å². The molecule has 0 unspecified atom stereocenters. The molecule has 1 saturated heterocycles. The summed E-state index contributed by atoms with van der Waals surface area (Å²) in [4.78, 5) is 50.9. The Labute approximate surface area is 205 Å². The van der Waals surface area contributed by atoms with Crippen molar-refractivity contribution in [3.63, 3.8) is 0 Å². The minimum Gasteiger partial charge on any atom is -0.497 e. The molecule has 2 aliphatic heterocycles. The number of benzene rings is 2. The molecule has 2 atom stereocenters. The molecular formula is C24H23N3O7S. The molecule has 0 bridgehead atoms. The van der Waals surface area contributed by atoms with Gasteiger partial charge in [-0.05, 0) is 35.4 Å². The number of carbonyl (C=O) groups is 4. The lowest BCUT2D eigenvalue weighted by Crippen LogP contribution is -2.70. The number of carbonyl (C=O) groups excluding carboxylic acids is 3. The van der Waals surface area contributed by atoms with E-state index in [-0.39, 0.29) is 41.5 Å². The van der Waals surface area contributed by atoms with Crippen LogP contribution < -0.4 is 10.1 Å². The summed E-state index contributed by atoms with van der Waals surface area (Å²) in [6, 6.07) is 14.3. The van der Waals surface area contributed by atoms with Crippen molar-refractivity contribution in [3.8, 4) is 5.75 Å². The normalized spacial score (nSPS) is 18.9. The van der Waals surface area contributed by atoms with E-state index in [2.05, 4.69) is 5.32 Å². The van der Waals surface area contributed by atoms with Crippen LogP contribution >= 0.6 is 11.8 Å². The maximum Gasteiger partial charge on any atom is 0.352 e. The highest BCUT2D eigenvalue weighted by molar-refractivity contribution is 8.00. The highest BCUT2D eigenvalue weighted by Gasteiger charge is 2.54. The van der Waals surface area contributed by atoms with Gasteiger partial charge >= 0.3 is 5.97 Å². The fourth-order valence-electron chi connectivity index (χ4n) is 3.95. The Kier molecular flexibility index (Phi) is 7.08. The number of hydrogen-bond donors (Lipinski definition) is 3. The average molecular weight is 498 g/mol. The Morgan fingerprint density at radius 2 is 1.83 bits per heavy atom. The van der Waals surface area contributed by atoms with Crippen LogP contribution in [0.1, 0.15) is 15.9 Å². The molecule has 11 heteroatoms. The van der Waals surface area contributed by atoms with Crippen molar-refractivity contribution in [2.45, 2.75) is 17.8 Å². The molecule has 0 aromatic heterocycles. The van der Waals surface area contributed by atoms with E-state index in [1.165, 1.54) is 31.0 Å². The van der Waals surface area contributed by atoms with Crippen molar-refractivity contribution in [2.75, 3.05) is 19.4 Å². The minimum absolute atomic E-state index is 0.0990. The SMILES string of the molecule is COc1ccc(C(=O)N(O)CC2=C(C(=O)O)N3C(=O)[C@@H](NC(=O)Cc4ccccc4)[C@H]3SC2)cc1. The fourth-order valence-corrected chi connectivity index (χ4v) is 5.28. The smallest absolute Gasteiger partial charge is 0.352 e. The molecule has 10 nitrogen and oxygen atoms in total. The first-order valence-electron chi connectivity index (χ1n) is 10.7. The van der Waals surface area contributed by atoms with Crippen molar-refractivity contribution in [2.24, 2.45) is 0 Å². The molecule has 2 heterocycles. The molecule has 3 N–H and O–H groups in total. The topological polar surface area (TPSA) is 136 Å². The highest BCUT2D eigenvalue weighted by Crippen LogP contribution is 2.40. The van der Waals surface area contributed by atoms with E-state index in [0.717, 1.165) is 10.5 Å². The minimum atomic E-state index is -1.35. The van der Waals surface area contributed by atoms with Crippen molar-refractivity contribution in [1.82, 2.24) is 15.3 Å². The number of amides is 3. The summed E-state index contributed by atoms with van der Waals surface area (Å²) in [6.07, 6.45) is 0.0990. The van der Waals surface area contributed by atoms with Gasteiger partial charge in [-0.15, -0.1) is 11.8 Å². The van der Waals surface area contributed by atoms with Gasteiger partial charge in [-0.1, -0.05) is 30.3 Å². The summed E-state index contributed by atoms with van der Waals surface area (Å²) in [5.74, 6) is -2.26. The lowest BCUT2D eigenvalue weighted by molar-refractivity contribution is -0.150. The van der Waals surface area contributed by atoms with Gasteiger partial charge in [0.2, 0.25) is 5.91 Å². The number of β-lactam (4-membered cyclic amide) rings is 1. The second kappa shape index (κ2) is 10.2.